The van der Waals surface area contributed by atoms with Crippen molar-refractivity contribution in [1.82, 2.24) is 15.3 Å². The first-order valence-corrected chi connectivity index (χ1v) is 7.21. The number of H-pyrrole nitrogens is 1. The number of non-ortho nitro benzene ring substituents is 1. The molecule has 2 aromatic rings. The predicted molar refractivity (Wildman–Crippen MR) is 81.6 cm³/mol. The van der Waals surface area contributed by atoms with Crippen molar-refractivity contribution in [2.24, 2.45) is 5.92 Å². The standard InChI is InChI=1S/C14H19N5O2/c1-15-9-10-4-6-18(7-5-10)14-16-12-3-2-11(19(20)21)8-13(12)17-14/h2-3,8,10,15H,4-7,9H2,1H3,(H,16,17). The maximum atomic E-state index is 10.8. The number of nitro groups is 1. The second-order valence-corrected chi connectivity index (χ2v) is 5.51. The number of aromatic nitrogens is 2. The van der Waals surface area contributed by atoms with E-state index in [2.05, 4.69) is 20.2 Å². The Labute approximate surface area is 122 Å². The quantitative estimate of drug-likeness (QED) is 0.663. The molecule has 1 aliphatic rings. The van der Waals surface area contributed by atoms with Gasteiger partial charge in [-0.3, -0.25) is 10.1 Å². The Bertz CT molecular complexity index is 646. The summed E-state index contributed by atoms with van der Waals surface area (Å²) < 4.78 is 0. The SMILES string of the molecule is CNCC1CCN(c2nc3ccc([N+](=O)[O-])cc3[nH]2)CC1. The maximum Gasteiger partial charge on any atom is 0.271 e. The van der Waals surface area contributed by atoms with Gasteiger partial charge in [-0.05, 0) is 38.4 Å². The average Bonchev–Trinajstić information content (AvgIpc) is 2.91. The number of aromatic amines is 1. The first-order chi connectivity index (χ1) is 10.2. The molecule has 0 radical (unpaired) electrons. The first kappa shape index (κ1) is 13.8. The molecule has 21 heavy (non-hydrogen) atoms. The lowest BCUT2D eigenvalue weighted by Gasteiger charge is -2.31. The smallest absolute Gasteiger partial charge is 0.271 e. The fourth-order valence-corrected chi connectivity index (χ4v) is 2.89. The molecule has 1 aliphatic heterocycles. The summed E-state index contributed by atoms with van der Waals surface area (Å²) in [6, 6.07) is 4.73. The van der Waals surface area contributed by atoms with Crippen molar-refractivity contribution < 1.29 is 4.92 Å². The molecule has 0 spiro atoms. The van der Waals surface area contributed by atoms with E-state index in [-0.39, 0.29) is 10.6 Å². The highest BCUT2D eigenvalue weighted by Crippen LogP contribution is 2.25. The largest absolute Gasteiger partial charge is 0.342 e. The zero-order valence-electron chi connectivity index (χ0n) is 12.0. The molecule has 0 unspecified atom stereocenters. The van der Waals surface area contributed by atoms with E-state index in [1.165, 1.54) is 6.07 Å². The molecule has 1 aromatic heterocycles. The van der Waals surface area contributed by atoms with Crippen LogP contribution in [-0.2, 0) is 0 Å². The number of benzene rings is 1. The van der Waals surface area contributed by atoms with Gasteiger partial charge in [-0.2, -0.15) is 0 Å². The molecule has 0 bridgehead atoms. The maximum absolute atomic E-state index is 10.8. The van der Waals surface area contributed by atoms with Gasteiger partial charge in [-0.1, -0.05) is 0 Å². The number of nitrogens with one attached hydrogen (secondary N) is 2. The van der Waals surface area contributed by atoms with Crippen LogP contribution in [0.2, 0.25) is 0 Å². The number of fused-ring (bicyclic) bond motifs is 1. The van der Waals surface area contributed by atoms with Gasteiger partial charge in [-0.15, -0.1) is 0 Å². The third-order valence-corrected chi connectivity index (χ3v) is 4.07. The lowest BCUT2D eigenvalue weighted by atomic mass is 9.97. The van der Waals surface area contributed by atoms with E-state index in [0.29, 0.717) is 0 Å². The summed E-state index contributed by atoms with van der Waals surface area (Å²) in [5.41, 5.74) is 1.58. The summed E-state index contributed by atoms with van der Waals surface area (Å²) in [6.07, 6.45) is 2.27. The van der Waals surface area contributed by atoms with Gasteiger partial charge < -0.3 is 15.2 Å². The van der Waals surface area contributed by atoms with Gasteiger partial charge in [0.15, 0.2) is 0 Å². The number of hydrogen-bond donors (Lipinski definition) is 2. The Morgan fingerprint density at radius 3 is 2.90 bits per heavy atom. The Hall–Kier alpha value is -2.15. The van der Waals surface area contributed by atoms with Crippen LogP contribution < -0.4 is 10.2 Å². The van der Waals surface area contributed by atoms with Crippen molar-refractivity contribution in [3.05, 3.63) is 28.3 Å². The Balaban J connectivity index is 1.77. The fourth-order valence-electron chi connectivity index (χ4n) is 2.89. The highest BCUT2D eigenvalue weighted by Gasteiger charge is 2.21. The van der Waals surface area contributed by atoms with Gasteiger partial charge in [0, 0.05) is 25.2 Å². The van der Waals surface area contributed by atoms with E-state index in [4.69, 9.17) is 0 Å². The molecule has 0 aliphatic carbocycles. The minimum Gasteiger partial charge on any atom is -0.342 e. The Morgan fingerprint density at radius 2 is 2.24 bits per heavy atom. The highest BCUT2D eigenvalue weighted by atomic mass is 16.6. The zero-order chi connectivity index (χ0) is 14.8. The minimum atomic E-state index is -0.386. The molecule has 7 heteroatoms. The number of nitrogens with zero attached hydrogens (tertiary/aromatic N) is 3. The molecular formula is C14H19N5O2. The van der Waals surface area contributed by atoms with E-state index in [1.54, 1.807) is 12.1 Å². The molecule has 1 aromatic carbocycles. The number of rotatable bonds is 4. The lowest BCUT2D eigenvalue weighted by molar-refractivity contribution is -0.384. The van der Waals surface area contributed by atoms with Gasteiger partial charge in [-0.25, -0.2) is 4.98 Å². The summed E-state index contributed by atoms with van der Waals surface area (Å²) in [5.74, 6) is 1.53. The molecule has 7 nitrogen and oxygen atoms in total. The van der Waals surface area contributed by atoms with Crippen LogP contribution in [0, 0.1) is 16.0 Å². The van der Waals surface area contributed by atoms with E-state index in [9.17, 15) is 10.1 Å². The van der Waals surface area contributed by atoms with Crippen LogP contribution in [0.3, 0.4) is 0 Å². The monoisotopic (exact) mass is 289 g/mol. The normalized spacial score (nSPS) is 16.5. The molecule has 0 saturated carbocycles. The molecule has 3 rings (SSSR count). The molecular weight excluding hydrogens is 270 g/mol. The number of hydrogen-bond acceptors (Lipinski definition) is 5. The summed E-state index contributed by atoms with van der Waals surface area (Å²) in [5, 5.41) is 14.0. The van der Waals surface area contributed by atoms with Gasteiger partial charge in [0.25, 0.3) is 5.69 Å². The second-order valence-electron chi connectivity index (χ2n) is 5.51. The van der Waals surface area contributed by atoms with Crippen molar-refractivity contribution >= 4 is 22.7 Å². The van der Waals surface area contributed by atoms with E-state index in [0.717, 1.165) is 55.4 Å². The number of piperidine rings is 1. The van der Waals surface area contributed by atoms with Crippen LogP contribution in [0.4, 0.5) is 11.6 Å². The van der Waals surface area contributed by atoms with Gasteiger partial charge in [0.1, 0.15) is 0 Å². The van der Waals surface area contributed by atoms with E-state index in [1.807, 2.05) is 7.05 Å². The topological polar surface area (TPSA) is 87.1 Å². The van der Waals surface area contributed by atoms with Crippen LogP contribution in [0.15, 0.2) is 18.2 Å². The summed E-state index contributed by atoms with van der Waals surface area (Å²) in [4.78, 5) is 20.4. The number of anilines is 1. The van der Waals surface area contributed by atoms with Crippen molar-refractivity contribution in [2.75, 3.05) is 31.6 Å². The molecule has 1 saturated heterocycles. The molecule has 2 N–H and O–H groups in total. The summed E-state index contributed by atoms with van der Waals surface area (Å²) >= 11 is 0. The second kappa shape index (κ2) is 5.69. The molecule has 0 atom stereocenters. The molecule has 2 heterocycles. The lowest BCUT2D eigenvalue weighted by Crippen LogP contribution is -2.37. The van der Waals surface area contributed by atoms with Gasteiger partial charge >= 0.3 is 0 Å². The minimum absolute atomic E-state index is 0.0884. The highest BCUT2D eigenvalue weighted by molar-refractivity contribution is 5.80. The van der Waals surface area contributed by atoms with Crippen molar-refractivity contribution in [2.45, 2.75) is 12.8 Å². The zero-order valence-corrected chi connectivity index (χ0v) is 12.0. The number of imidazole rings is 1. The summed E-state index contributed by atoms with van der Waals surface area (Å²) in [6.45, 7) is 2.99. The van der Waals surface area contributed by atoms with Crippen LogP contribution in [0.25, 0.3) is 11.0 Å². The van der Waals surface area contributed by atoms with Crippen molar-refractivity contribution in [3.8, 4) is 0 Å². The third-order valence-electron chi connectivity index (χ3n) is 4.07. The first-order valence-electron chi connectivity index (χ1n) is 7.21. The Kier molecular flexibility index (Phi) is 3.74. The van der Waals surface area contributed by atoms with Crippen LogP contribution in [0.1, 0.15) is 12.8 Å². The van der Waals surface area contributed by atoms with Crippen molar-refractivity contribution in [1.29, 1.82) is 0 Å². The van der Waals surface area contributed by atoms with Gasteiger partial charge in [0.2, 0.25) is 5.95 Å². The molecule has 0 amide bonds. The van der Waals surface area contributed by atoms with E-state index >= 15 is 0 Å². The number of nitro benzene ring substituents is 1. The summed E-state index contributed by atoms with van der Waals surface area (Å²) in [7, 11) is 1.98. The van der Waals surface area contributed by atoms with Crippen LogP contribution in [0.5, 0.6) is 0 Å². The van der Waals surface area contributed by atoms with Crippen LogP contribution >= 0.6 is 0 Å². The predicted octanol–water partition coefficient (Wildman–Crippen LogP) is 1.91. The van der Waals surface area contributed by atoms with Crippen LogP contribution in [-0.4, -0.2) is 41.6 Å². The third kappa shape index (κ3) is 2.82. The van der Waals surface area contributed by atoms with Crippen molar-refractivity contribution in [3.63, 3.8) is 0 Å². The van der Waals surface area contributed by atoms with E-state index < -0.39 is 0 Å². The average molecular weight is 289 g/mol. The van der Waals surface area contributed by atoms with Gasteiger partial charge in [0.05, 0.1) is 16.0 Å². The molecule has 1 fully saturated rings. The fraction of sp³-hybridized carbons (Fsp3) is 0.500. The Morgan fingerprint density at radius 1 is 1.48 bits per heavy atom. The molecule has 112 valence electrons.